The molecular formula is C15H19NSi. The molecule has 0 saturated heterocycles. The monoisotopic (exact) mass is 241 g/mol. The first-order chi connectivity index (χ1) is 7.98. The van der Waals surface area contributed by atoms with Crippen LogP contribution in [0.25, 0.3) is 5.69 Å². The fourth-order valence-corrected chi connectivity index (χ4v) is 5.49. The number of aromatic nitrogens is 1. The first-order valence-electron chi connectivity index (χ1n) is 6.28. The number of para-hydroxylation sites is 1. The molecule has 0 fully saturated rings. The molecule has 1 aliphatic rings. The lowest BCUT2D eigenvalue weighted by molar-refractivity contribution is 1.05. The smallest absolute Gasteiger partial charge is 0.0803 e. The summed E-state index contributed by atoms with van der Waals surface area (Å²) in [6.45, 7) is 9.60. The van der Waals surface area contributed by atoms with Crippen LogP contribution in [0.15, 0.2) is 30.5 Å². The third-order valence-corrected chi connectivity index (χ3v) is 5.84. The molecule has 0 atom stereocenters. The highest BCUT2D eigenvalue weighted by atomic mass is 28.3. The highest BCUT2D eigenvalue weighted by Crippen LogP contribution is 2.29. The molecule has 0 spiro atoms. The van der Waals surface area contributed by atoms with Crippen molar-refractivity contribution in [1.82, 2.24) is 4.57 Å². The van der Waals surface area contributed by atoms with Crippen molar-refractivity contribution in [2.45, 2.75) is 33.0 Å². The Balaban J connectivity index is 2.25. The first-order valence-corrected chi connectivity index (χ1v) is 9.78. The lowest BCUT2D eigenvalue weighted by atomic mass is 10.1. The van der Waals surface area contributed by atoms with E-state index in [0.29, 0.717) is 0 Å². The normalized spacial score (nSPS) is 13.6. The maximum absolute atomic E-state index is 2.44. The Bertz CT molecular complexity index is 587. The van der Waals surface area contributed by atoms with E-state index in [1.807, 2.05) is 0 Å². The third-order valence-electron chi connectivity index (χ3n) is 3.66. The van der Waals surface area contributed by atoms with Crippen molar-refractivity contribution in [2.24, 2.45) is 0 Å². The number of hydrogen-bond acceptors (Lipinski definition) is 0. The van der Waals surface area contributed by atoms with Gasteiger partial charge in [0.05, 0.1) is 8.07 Å². The summed E-state index contributed by atoms with van der Waals surface area (Å²) in [6, 6.07) is 8.77. The van der Waals surface area contributed by atoms with Gasteiger partial charge in [0.2, 0.25) is 0 Å². The van der Waals surface area contributed by atoms with E-state index in [2.05, 4.69) is 61.6 Å². The van der Waals surface area contributed by atoms with Crippen molar-refractivity contribution in [2.75, 3.05) is 0 Å². The fraction of sp³-hybridized carbons (Fsp3) is 0.333. The largest absolute Gasteiger partial charge is 0.320 e. The fourth-order valence-electron chi connectivity index (χ4n) is 3.17. The SMILES string of the molecule is Cc1cn2c(c1[Si](C)(C)C)Cc1ccccc1-2. The van der Waals surface area contributed by atoms with Crippen LogP contribution in [0, 0.1) is 6.92 Å². The predicted octanol–water partition coefficient (Wildman–Crippen LogP) is 3.24. The minimum Gasteiger partial charge on any atom is -0.320 e. The maximum atomic E-state index is 2.44. The summed E-state index contributed by atoms with van der Waals surface area (Å²) in [4.78, 5) is 0. The average Bonchev–Trinajstić information content (AvgIpc) is 2.70. The molecule has 0 N–H and O–H groups in total. The Labute approximate surface area is 104 Å². The molecule has 88 valence electrons. The number of nitrogens with zero attached hydrogens (tertiary/aromatic N) is 1. The standard InChI is InChI=1S/C15H19NSi/c1-11-10-16-13-8-6-5-7-12(13)9-14(16)15(11)17(2,3)4/h5-8,10H,9H2,1-4H3. The number of hydrogen-bond donors (Lipinski definition) is 0. The lowest BCUT2D eigenvalue weighted by Gasteiger charge is -2.18. The lowest BCUT2D eigenvalue weighted by Crippen LogP contribution is -2.40. The van der Waals surface area contributed by atoms with Gasteiger partial charge in [0.1, 0.15) is 0 Å². The van der Waals surface area contributed by atoms with Gasteiger partial charge >= 0.3 is 0 Å². The Morgan fingerprint density at radius 1 is 1.12 bits per heavy atom. The summed E-state index contributed by atoms with van der Waals surface area (Å²) in [5, 5.41) is 1.66. The van der Waals surface area contributed by atoms with E-state index >= 15 is 0 Å². The van der Waals surface area contributed by atoms with Gasteiger partial charge in [-0.3, -0.25) is 0 Å². The summed E-state index contributed by atoms with van der Waals surface area (Å²) in [6.07, 6.45) is 3.44. The molecule has 1 aliphatic heterocycles. The van der Waals surface area contributed by atoms with Crippen molar-refractivity contribution in [3.05, 3.63) is 47.3 Å². The van der Waals surface area contributed by atoms with E-state index in [0.717, 1.165) is 6.42 Å². The van der Waals surface area contributed by atoms with Crippen molar-refractivity contribution in [3.8, 4) is 5.69 Å². The highest BCUT2D eigenvalue weighted by Gasteiger charge is 2.29. The van der Waals surface area contributed by atoms with E-state index in [4.69, 9.17) is 0 Å². The van der Waals surface area contributed by atoms with Crippen molar-refractivity contribution in [1.29, 1.82) is 0 Å². The van der Waals surface area contributed by atoms with Crippen LogP contribution in [-0.4, -0.2) is 12.6 Å². The van der Waals surface area contributed by atoms with E-state index < -0.39 is 8.07 Å². The van der Waals surface area contributed by atoms with Gasteiger partial charge in [-0.2, -0.15) is 0 Å². The van der Waals surface area contributed by atoms with Gasteiger partial charge in [-0.25, -0.2) is 0 Å². The summed E-state index contributed by atoms with van der Waals surface area (Å²) in [7, 11) is -1.24. The zero-order valence-corrected chi connectivity index (χ0v) is 12.0. The average molecular weight is 241 g/mol. The Hall–Kier alpha value is -1.28. The van der Waals surface area contributed by atoms with Crippen LogP contribution >= 0.6 is 0 Å². The van der Waals surface area contributed by atoms with Crippen LogP contribution in [0.2, 0.25) is 19.6 Å². The molecule has 0 bridgehead atoms. The molecule has 0 unspecified atom stereocenters. The minimum absolute atomic E-state index is 1.11. The Kier molecular flexibility index (Phi) is 2.14. The topological polar surface area (TPSA) is 4.93 Å². The van der Waals surface area contributed by atoms with Crippen LogP contribution in [0.1, 0.15) is 16.8 Å². The highest BCUT2D eigenvalue weighted by molar-refractivity contribution is 6.89. The van der Waals surface area contributed by atoms with Gasteiger partial charge in [-0.05, 0) is 29.3 Å². The van der Waals surface area contributed by atoms with Crippen LogP contribution in [0.5, 0.6) is 0 Å². The van der Waals surface area contributed by atoms with E-state index in [9.17, 15) is 0 Å². The molecule has 2 heterocycles. The zero-order chi connectivity index (χ0) is 12.2. The van der Waals surface area contributed by atoms with E-state index in [1.165, 1.54) is 16.8 Å². The molecule has 2 heteroatoms. The maximum Gasteiger partial charge on any atom is 0.0803 e. The molecule has 1 nitrogen and oxygen atoms in total. The van der Waals surface area contributed by atoms with Gasteiger partial charge in [-0.15, -0.1) is 0 Å². The van der Waals surface area contributed by atoms with Gasteiger partial charge in [0, 0.05) is 24.0 Å². The molecule has 0 saturated carbocycles. The molecular weight excluding hydrogens is 222 g/mol. The molecule has 3 rings (SSSR count). The molecule has 1 aromatic heterocycles. The van der Waals surface area contributed by atoms with Crippen LogP contribution < -0.4 is 5.19 Å². The van der Waals surface area contributed by atoms with Crippen LogP contribution in [0.3, 0.4) is 0 Å². The van der Waals surface area contributed by atoms with E-state index in [1.54, 1.807) is 10.9 Å². The van der Waals surface area contributed by atoms with Crippen LogP contribution in [-0.2, 0) is 6.42 Å². The third kappa shape index (κ3) is 1.51. The summed E-state index contributed by atoms with van der Waals surface area (Å²) in [5.41, 5.74) is 5.88. The van der Waals surface area contributed by atoms with Crippen LogP contribution in [0.4, 0.5) is 0 Å². The summed E-state index contributed by atoms with van der Waals surface area (Å²) in [5.74, 6) is 0. The number of aryl methyl sites for hydroxylation is 1. The zero-order valence-electron chi connectivity index (χ0n) is 11.0. The molecule has 0 amide bonds. The molecule has 0 radical (unpaired) electrons. The van der Waals surface area contributed by atoms with E-state index in [-0.39, 0.29) is 0 Å². The first kappa shape index (κ1) is 10.8. The van der Waals surface area contributed by atoms with Gasteiger partial charge in [0.25, 0.3) is 0 Å². The number of rotatable bonds is 1. The summed E-state index contributed by atoms with van der Waals surface area (Å²) < 4.78 is 2.41. The molecule has 17 heavy (non-hydrogen) atoms. The Morgan fingerprint density at radius 2 is 1.82 bits per heavy atom. The minimum atomic E-state index is -1.24. The van der Waals surface area contributed by atoms with Crippen molar-refractivity contribution >= 4 is 13.3 Å². The van der Waals surface area contributed by atoms with Gasteiger partial charge in [-0.1, -0.05) is 37.8 Å². The van der Waals surface area contributed by atoms with Gasteiger partial charge in [0.15, 0.2) is 0 Å². The Morgan fingerprint density at radius 3 is 2.53 bits per heavy atom. The quantitative estimate of drug-likeness (QED) is 0.576. The second kappa shape index (κ2) is 3.36. The molecule has 1 aromatic carbocycles. The number of fused-ring (bicyclic) bond motifs is 3. The number of benzene rings is 1. The van der Waals surface area contributed by atoms with Gasteiger partial charge < -0.3 is 4.57 Å². The second-order valence-corrected chi connectivity index (χ2v) is 11.1. The van der Waals surface area contributed by atoms with Crippen molar-refractivity contribution < 1.29 is 0 Å². The second-order valence-electron chi connectivity index (χ2n) is 6.06. The predicted molar refractivity (Wildman–Crippen MR) is 76.3 cm³/mol. The molecule has 0 aliphatic carbocycles. The molecule has 2 aromatic rings. The van der Waals surface area contributed by atoms with Crippen molar-refractivity contribution in [3.63, 3.8) is 0 Å². The summed E-state index contributed by atoms with van der Waals surface area (Å²) >= 11 is 0.